The molecular weight excluding hydrogens is 494 g/mol. The SMILES string of the molecule is CC(Sc1cnc(NC(=O)CCCCCC(C(N)=O)c2ccccc2N)s1)c1ncc(C(C)(C)C)o1. The number of amides is 2. The molecular formula is C26H35N5O3S2. The van der Waals surface area contributed by atoms with E-state index in [0.29, 0.717) is 36.0 Å². The zero-order chi connectivity index (χ0) is 26.3. The highest BCUT2D eigenvalue weighted by Gasteiger charge is 2.23. The molecule has 36 heavy (non-hydrogen) atoms. The highest BCUT2D eigenvalue weighted by molar-refractivity contribution is 8.01. The highest BCUT2D eigenvalue weighted by Crippen LogP contribution is 2.39. The van der Waals surface area contributed by atoms with E-state index in [1.165, 1.54) is 11.3 Å². The number of unbranched alkanes of at least 4 members (excludes halogenated alkanes) is 2. The monoisotopic (exact) mass is 529 g/mol. The first-order valence-corrected chi connectivity index (χ1v) is 13.8. The average molecular weight is 530 g/mol. The van der Waals surface area contributed by atoms with Crippen molar-refractivity contribution in [3.05, 3.63) is 53.9 Å². The summed E-state index contributed by atoms with van der Waals surface area (Å²) in [5.41, 5.74) is 12.9. The van der Waals surface area contributed by atoms with Gasteiger partial charge < -0.3 is 21.2 Å². The van der Waals surface area contributed by atoms with Crippen LogP contribution in [-0.2, 0) is 15.0 Å². The van der Waals surface area contributed by atoms with Crippen LogP contribution in [0.4, 0.5) is 10.8 Å². The normalized spacial score (nSPS) is 13.3. The summed E-state index contributed by atoms with van der Waals surface area (Å²) < 4.78 is 6.90. The molecule has 0 bridgehead atoms. The van der Waals surface area contributed by atoms with Crippen LogP contribution in [0.1, 0.15) is 88.2 Å². The van der Waals surface area contributed by atoms with Gasteiger partial charge in [-0.2, -0.15) is 0 Å². The summed E-state index contributed by atoms with van der Waals surface area (Å²) in [6.45, 7) is 8.31. The van der Waals surface area contributed by atoms with Crippen molar-refractivity contribution in [2.24, 2.45) is 5.73 Å². The van der Waals surface area contributed by atoms with Crippen molar-refractivity contribution in [2.75, 3.05) is 11.1 Å². The lowest BCUT2D eigenvalue weighted by Crippen LogP contribution is -2.22. The van der Waals surface area contributed by atoms with Gasteiger partial charge in [0.1, 0.15) is 5.76 Å². The first-order chi connectivity index (χ1) is 17.0. The summed E-state index contributed by atoms with van der Waals surface area (Å²) in [4.78, 5) is 33.0. The van der Waals surface area contributed by atoms with Gasteiger partial charge in [0.2, 0.25) is 17.7 Å². The smallest absolute Gasteiger partial charge is 0.226 e. The fraction of sp³-hybridized carbons (Fsp3) is 0.462. The third kappa shape index (κ3) is 7.83. The van der Waals surface area contributed by atoms with Gasteiger partial charge in [0.05, 0.1) is 27.8 Å². The Kier molecular flexibility index (Phi) is 9.56. The number of hydrogen-bond acceptors (Lipinski definition) is 8. The number of carbonyl (C=O) groups is 2. The molecule has 0 saturated heterocycles. The summed E-state index contributed by atoms with van der Waals surface area (Å²) >= 11 is 3.03. The first kappa shape index (κ1) is 27.7. The second-order valence-electron chi connectivity index (χ2n) is 9.79. The molecule has 0 saturated carbocycles. The number of anilines is 2. The summed E-state index contributed by atoms with van der Waals surface area (Å²) in [5.74, 6) is 0.671. The highest BCUT2D eigenvalue weighted by atomic mass is 32.2. The maximum Gasteiger partial charge on any atom is 0.226 e. The molecule has 0 fully saturated rings. The Balaban J connectivity index is 1.40. The van der Waals surface area contributed by atoms with Crippen molar-refractivity contribution < 1.29 is 14.0 Å². The van der Waals surface area contributed by atoms with Crippen LogP contribution in [0.25, 0.3) is 0 Å². The molecule has 1 aromatic carbocycles. The van der Waals surface area contributed by atoms with E-state index in [-0.39, 0.29) is 22.5 Å². The number of thiazole rings is 1. The van der Waals surface area contributed by atoms with E-state index >= 15 is 0 Å². The number of primary amides is 1. The van der Waals surface area contributed by atoms with Gasteiger partial charge >= 0.3 is 0 Å². The van der Waals surface area contributed by atoms with Crippen molar-refractivity contribution >= 4 is 45.7 Å². The van der Waals surface area contributed by atoms with Crippen LogP contribution >= 0.6 is 23.1 Å². The average Bonchev–Trinajstić information content (AvgIpc) is 3.47. The van der Waals surface area contributed by atoms with Gasteiger partial charge in [-0.1, -0.05) is 63.1 Å². The van der Waals surface area contributed by atoms with Crippen LogP contribution < -0.4 is 16.8 Å². The maximum atomic E-state index is 12.4. The van der Waals surface area contributed by atoms with E-state index in [1.807, 2.05) is 25.1 Å². The summed E-state index contributed by atoms with van der Waals surface area (Å²) in [6.07, 6.45) is 6.85. The standard InChI is InChI=1S/C26H35N5O3S2/c1-16(24-29-14-20(34-24)26(2,3)4)35-22-15-30-25(36-22)31-21(32)13-7-5-6-11-18(23(28)33)17-10-8-9-12-19(17)27/h8-10,12,14-16,18H,5-7,11,13,27H2,1-4H3,(H2,28,33)(H,30,31,32). The van der Waals surface area contributed by atoms with Crippen LogP contribution in [-0.4, -0.2) is 21.8 Å². The lowest BCUT2D eigenvalue weighted by atomic mass is 9.91. The quantitative estimate of drug-likeness (QED) is 0.148. The topological polar surface area (TPSA) is 137 Å². The minimum atomic E-state index is -0.412. The second kappa shape index (κ2) is 12.4. The molecule has 0 spiro atoms. The number of rotatable bonds is 12. The summed E-state index contributed by atoms with van der Waals surface area (Å²) in [7, 11) is 0. The van der Waals surface area contributed by atoms with Gasteiger partial charge in [-0.05, 0) is 31.4 Å². The van der Waals surface area contributed by atoms with Crippen LogP contribution in [0.3, 0.4) is 0 Å². The van der Waals surface area contributed by atoms with Crippen molar-refractivity contribution in [1.29, 1.82) is 0 Å². The van der Waals surface area contributed by atoms with Crippen LogP contribution in [0.15, 0.2) is 45.3 Å². The zero-order valence-corrected chi connectivity index (χ0v) is 22.9. The molecule has 2 aromatic heterocycles. The molecule has 3 aromatic rings. The van der Waals surface area contributed by atoms with E-state index in [1.54, 1.807) is 30.2 Å². The number of para-hydroxylation sites is 1. The lowest BCUT2D eigenvalue weighted by Gasteiger charge is -2.15. The molecule has 3 rings (SSSR count). The van der Waals surface area contributed by atoms with E-state index in [2.05, 4.69) is 36.1 Å². The third-order valence-corrected chi connectivity index (χ3v) is 7.88. The Hall–Kier alpha value is -2.85. The van der Waals surface area contributed by atoms with Crippen molar-refractivity contribution in [1.82, 2.24) is 9.97 Å². The minimum Gasteiger partial charge on any atom is -0.444 e. The number of oxazole rings is 1. The van der Waals surface area contributed by atoms with Gasteiger partial charge in [-0.3, -0.25) is 9.59 Å². The minimum absolute atomic E-state index is 0.0283. The molecule has 2 amide bonds. The molecule has 194 valence electrons. The number of thioether (sulfide) groups is 1. The van der Waals surface area contributed by atoms with Gasteiger partial charge in [0, 0.05) is 17.5 Å². The Morgan fingerprint density at radius 1 is 1.14 bits per heavy atom. The van der Waals surface area contributed by atoms with Crippen molar-refractivity contribution in [3.8, 4) is 0 Å². The molecule has 2 unspecified atom stereocenters. The fourth-order valence-corrected chi connectivity index (χ4v) is 5.79. The van der Waals surface area contributed by atoms with Crippen LogP contribution in [0, 0.1) is 0 Å². The number of benzene rings is 1. The van der Waals surface area contributed by atoms with E-state index in [9.17, 15) is 9.59 Å². The number of nitrogen functional groups attached to an aromatic ring is 1. The Morgan fingerprint density at radius 3 is 2.56 bits per heavy atom. The molecule has 8 nitrogen and oxygen atoms in total. The van der Waals surface area contributed by atoms with Crippen LogP contribution in [0.2, 0.25) is 0 Å². The summed E-state index contributed by atoms with van der Waals surface area (Å²) in [6, 6.07) is 7.30. The Morgan fingerprint density at radius 2 is 1.89 bits per heavy atom. The number of aromatic nitrogens is 2. The number of nitrogens with zero attached hydrogens (tertiary/aromatic N) is 2. The number of hydrogen-bond donors (Lipinski definition) is 3. The van der Waals surface area contributed by atoms with Gasteiger partial charge in [0.15, 0.2) is 5.13 Å². The zero-order valence-electron chi connectivity index (χ0n) is 21.2. The fourth-order valence-electron chi connectivity index (χ4n) is 3.69. The first-order valence-electron chi connectivity index (χ1n) is 12.1. The number of carbonyl (C=O) groups excluding carboxylic acids is 2. The molecule has 2 atom stereocenters. The number of nitrogens with one attached hydrogen (secondary N) is 1. The molecule has 0 aliphatic carbocycles. The van der Waals surface area contributed by atoms with Gasteiger partial charge in [-0.25, -0.2) is 9.97 Å². The van der Waals surface area contributed by atoms with E-state index in [4.69, 9.17) is 15.9 Å². The van der Waals surface area contributed by atoms with Gasteiger partial charge in [0.25, 0.3) is 0 Å². The predicted octanol–water partition coefficient (Wildman–Crippen LogP) is 6.02. The van der Waals surface area contributed by atoms with E-state index < -0.39 is 5.92 Å². The number of nitrogens with two attached hydrogens (primary N) is 2. The predicted molar refractivity (Wildman–Crippen MR) is 146 cm³/mol. The molecule has 2 heterocycles. The largest absolute Gasteiger partial charge is 0.444 e. The van der Waals surface area contributed by atoms with Crippen LogP contribution in [0.5, 0.6) is 0 Å². The molecule has 0 radical (unpaired) electrons. The van der Waals surface area contributed by atoms with E-state index in [0.717, 1.165) is 28.4 Å². The second-order valence-corrected chi connectivity index (χ2v) is 12.5. The Labute approximate surface area is 220 Å². The molecule has 0 aliphatic heterocycles. The molecule has 0 aliphatic rings. The lowest BCUT2D eigenvalue weighted by molar-refractivity contribution is -0.119. The maximum absolute atomic E-state index is 12.4. The summed E-state index contributed by atoms with van der Waals surface area (Å²) in [5, 5.41) is 3.48. The van der Waals surface area contributed by atoms with Gasteiger partial charge in [-0.15, -0.1) is 11.8 Å². The third-order valence-electron chi connectivity index (χ3n) is 5.75. The molecule has 10 heteroatoms. The van der Waals surface area contributed by atoms with Crippen molar-refractivity contribution in [2.45, 2.75) is 80.6 Å². The molecule has 5 N–H and O–H groups in total. The van der Waals surface area contributed by atoms with Crippen molar-refractivity contribution in [3.63, 3.8) is 0 Å². The Bertz CT molecular complexity index is 1170.